The molecule has 0 amide bonds. The van der Waals surface area contributed by atoms with Gasteiger partial charge in [0.1, 0.15) is 0 Å². The minimum absolute atomic E-state index is 1.06. The summed E-state index contributed by atoms with van der Waals surface area (Å²) in [5.74, 6) is 7.65. The van der Waals surface area contributed by atoms with E-state index in [9.17, 15) is 0 Å². The van der Waals surface area contributed by atoms with Crippen molar-refractivity contribution in [3.63, 3.8) is 0 Å². The van der Waals surface area contributed by atoms with Crippen molar-refractivity contribution in [1.29, 1.82) is 0 Å². The van der Waals surface area contributed by atoms with Crippen molar-refractivity contribution >= 4 is 0 Å². The van der Waals surface area contributed by atoms with Crippen molar-refractivity contribution in [3.05, 3.63) is 58.4 Å². The van der Waals surface area contributed by atoms with Crippen LogP contribution in [0.2, 0.25) is 0 Å². The van der Waals surface area contributed by atoms with E-state index in [2.05, 4.69) is 25.7 Å². The molecule has 104 valence electrons. The molecule has 1 nitrogen and oxygen atoms in total. The third-order valence-corrected chi connectivity index (χ3v) is 3.85. The summed E-state index contributed by atoms with van der Waals surface area (Å²) in [7, 11) is 1.78. The highest BCUT2D eigenvalue weighted by Crippen LogP contribution is 2.31. The lowest BCUT2D eigenvalue weighted by atomic mass is 9.90. The number of ether oxygens (including phenoxy) is 1. The van der Waals surface area contributed by atoms with Gasteiger partial charge in [0.05, 0.1) is 12.9 Å². The number of benzene rings is 1. The van der Waals surface area contributed by atoms with Gasteiger partial charge in [-0.25, -0.2) is 0 Å². The minimum atomic E-state index is 1.06. The molecule has 0 aromatic heterocycles. The maximum Gasteiger partial charge on any atom is 0.0990 e. The summed E-state index contributed by atoms with van der Waals surface area (Å²) >= 11 is 0. The lowest BCUT2D eigenvalue weighted by Crippen LogP contribution is -2.04. The molecule has 0 aliphatic heterocycles. The Kier molecular flexibility index (Phi) is 5.07. The van der Waals surface area contributed by atoms with Crippen LogP contribution in [0.15, 0.2) is 52.8 Å². The highest BCUT2D eigenvalue weighted by Gasteiger charge is 2.15. The molecule has 0 N–H and O–H groups in total. The Balaban J connectivity index is 2.28. The van der Waals surface area contributed by atoms with Crippen LogP contribution < -0.4 is 0 Å². The van der Waals surface area contributed by atoms with Gasteiger partial charge in [0.15, 0.2) is 0 Å². The predicted octanol–water partition coefficient (Wildman–Crippen LogP) is 4.85. The number of hydrogen-bond donors (Lipinski definition) is 0. The van der Waals surface area contributed by atoms with Gasteiger partial charge in [0.25, 0.3) is 0 Å². The summed E-state index contributed by atoms with van der Waals surface area (Å²) in [6, 6.07) is 10.1. The Morgan fingerprint density at radius 2 is 1.75 bits per heavy atom. The van der Waals surface area contributed by atoms with Crippen molar-refractivity contribution in [1.82, 2.24) is 0 Å². The van der Waals surface area contributed by atoms with E-state index in [1.807, 2.05) is 30.3 Å². The normalized spacial score (nSPS) is 16.1. The summed E-state index contributed by atoms with van der Waals surface area (Å²) in [5.41, 5.74) is 4.84. The molecule has 0 saturated heterocycles. The third kappa shape index (κ3) is 3.54. The Labute approximate surface area is 122 Å². The van der Waals surface area contributed by atoms with Crippen LogP contribution in [-0.2, 0) is 4.74 Å². The van der Waals surface area contributed by atoms with Crippen LogP contribution in [-0.4, -0.2) is 7.11 Å². The fourth-order valence-corrected chi connectivity index (χ4v) is 2.51. The number of hydrogen-bond acceptors (Lipinski definition) is 1. The summed E-state index contributed by atoms with van der Waals surface area (Å²) in [6.07, 6.45) is 4.65. The van der Waals surface area contributed by atoms with E-state index >= 15 is 0 Å². The topological polar surface area (TPSA) is 9.23 Å². The average molecular weight is 266 g/mol. The molecule has 1 aliphatic rings. The smallest absolute Gasteiger partial charge is 0.0990 e. The Hall–Kier alpha value is -1.94. The first-order valence-electron chi connectivity index (χ1n) is 7.23. The largest absolute Gasteiger partial charge is 0.501 e. The SMILES string of the molecule is COC1=C(/C(C)=C(\C)C#Cc2ccccc2)CCCC1. The van der Waals surface area contributed by atoms with Crippen molar-refractivity contribution in [2.75, 3.05) is 7.11 Å². The first kappa shape index (κ1) is 14.5. The average Bonchev–Trinajstić information content (AvgIpc) is 2.52. The Morgan fingerprint density at radius 1 is 1.05 bits per heavy atom. The van der Waals surface area contributed by atoms with Crippen LogP contribution in [0.1, 0.15) is 45.1 Å². The zero-order valence-corrected chi connectivity index (χ0v) is 12.6. The molecular formula is C19H22O. The quantitative estimate of drug-likeness (QED) is 0.695. The van der Waals surface area contributed by atoms with E-state index in [0.29, 0.717) is 0 Å². The Morgan fingerprint density at radius 3 is 2.45 bits per heavy atom. The van der Waals surface area contributed by atoms with Gasteiger partial charge in [-0.15, -0.1) is 0 Å². The maximum absolute atomic E-state index is 5.54. The maximum atomic E-state index is 5.54. The monoisotopic (exact) mass is 266 g/mol. The molecule has 0 bridgehead atoms. The lowest BCUT2D eigenvalue weighted by Gasteiger charge is -2.20. The second-order valence-corrected chi connectivity index (χ2v) is 5.18. The van der Waals surface area contributed by atoms with E-state index in [1.165, 1.54) is 24.0 Å². The summed E-state index contributed by atoms with van der Waals surface area (Å²) in [4.78, 5) is 0. The van der Waals surface area contributed by atoms with Crippen molar-refractivity contribution < 1.29 is 4.74 Å². The molecule has 1 aromatic carbocycles. The molecule has 1 aliphatic carbocycles. The van der Waals surface area contributed by atoms with Crippen LogP contribution in [0.3, 0.4) is 0 Å². The standard InChI is InChI=1S/C19H22O/c1-15(13-14-17-9-5-4-6-10-17)16(2)18-11-7-8-12-19(18)20-3/h4-6,9-10H,7-8,11-12H2,1-3H3/b16-15+. The minimum Gasteiger partial charge on any atom is -0.501 e. The number of allylic oxidation sites excluding steroid dienone is 4. The van der Waals surface area contributed by atoms with Gasteiger partial charge in [0.2, 0.25) is 0 Å². The molecule has 0 heterocycles. The molecule has 2 rings (SSSR count). The van der Waals surface area contributed by atoms with Crippen LogP contribution in [0.5, 0.6) is 0 Å². The van der Waals surface area contributed by atoms with Crippen LogP contribution in [0, 0.1) is 11.8 Å². The van der Waals surface area contributed by atoms with Gasteiger partial charge in [-0.1, -0.05) is 30.0 Å². The molecule has 0 radical (unpaired) electrons. The van der Waals surface area contributed by atoms with Crippen LogP contribution in [0.25, 0.3) is 0 Å². The fraction of sp³-hybridized carbons (Fsp3) is 0.368. The van der Waals surface area contributed by atoms with Gasteiger partial charge in [-0.05, 0) is 56.4 Å². The molecule has 0 saturated carbocycles. The van der Waals surface area contributed by atoms with E-state index in [0.717, 1.165) is 29.7 Å². The van der Waals surface area contributed by atoms with E-state index in [1.54, 1.807) is 7.11 Å². The zero-order chi connectivity index (χ0) is 14.4. The molecule has 0 spiro atoms. The van der Waals surface area contributed by atoms with Crippen molar-refractivity contribution in [2.45, 2.75) is 39.5 Å². The zero-order valence-electron chi connectivity index (χ0n) is 12.6. The molecule has 1 aromatic rings. The molecule has 0 unspecified atom stereocenters. The van der Waals surface area contributed by atoms with E-state index < -0.39 is 0 Å². The fourth-order valence-electron chi connectivity index (χ4n) is 2.51. The van der Waals surface area contributed by atoms with Gasteiger partial charge >= 0.3 is 0 Å². The first-order valence-corrected chi connectivity index (χ1v) is 7.23. The number of rotatable bonds is 2. The molecule has 0 atom stereocenters. The number of methoxy groups -OCH3 is 1. The summed E-state index contributed by atoms with van der Waals surface area (Å²) < 4.78 is 5.54. The van der Waals surface area contributed by atoms with Gasteiger partial charge in [-0.3, -0.25) is 0 Å². The van der Waals surface area contributed by atoms with Gasteiger partial charge in [0, 0.05) is 17.6 Å². The van der Waals surface area contributed by atoms with Crippen LogP contribution >= 0.6 is 0 Å². The highest BCUT2D eigenvalue weighted by atomic mass is 16.5. The van der Waals surface area contributed by atoms with Gasteiger partial charge in [-0.2, -0.15) is 0 Å². The van der Waals surface area contributed by atoms with E-state index in [4.69, 9.17) is 4.74 Å². The summed E-state index contributed by atoms with van der Waals surface area (Å²) in [6.45, 7) is 4.26. The third-order valence-electron chi connectivity index (χ3n) is 3.85. The van der Waals surface area contributed by atoms with E-state index in [-0.39, 0.29) is 0 Å². The second kappa shape index (κ2) is 7.01. The lowest BCUT2D eigenvalue weighted by molar-refractivity contribution is 0.262. The van der Waals surface area contributed by atoms with Gasteiger partial charge < -0.3 is 4.74 Å². The first-order chi connectivity index (χ1) is 9.72. The Bertz CT molecular complexity index is 579. The predicted molar refractivity (Wildman–Crippen MR) is 84.2 cm³/mol. The highest BCUT2D eigenvalue weighted by molar-refractivity contribution is 5.47. The summed E-state index contributed by atoms with van der Waals surface area (Å²) in [5, 5.41) is 0. The molecule has 0 fully saturated rings. The molecule has 1 heteroatoms. The second-order valence-electron chi connectivity index (χ2n) is 5.18. The van der Waals surface area contributed by atoms with Crippen LogP contribution in [0.4, 0.5) is 0 Å². The molecule has 20 heavy (non-hydrogen) atoms. The molecular weight excluding hydrogens is 244 g/mol. The van der Waals surface area contributed by atoms with Crippen molar-refractivity contribution in [3.8, 4) is 11.8 Å². The van der Waals surface area contributed by atoms with Crippen molar-refractivity contribution in [2.24, 2.45) is 0 Å².